The van der Waals surface area contributed by atoms with Crippen LogP contribution in [0.3, 0.4) is 0 Å². The summed E-state index contributed by atoms with van der Waals surface area (Å²) in [6.45, 7) is 2.74. The van der Waals surface area contributed by atoms with Gasteiger partial charge in [-0.25, -0.2) is 4.98 Å². The van der Waals surface area contributed by atoms with Gasteiger partial charge in [0.05, 0.1) is 0 Å². The van der Waals surface area contributed by atoms with Crippen LogP contribution in [0.5, 0.6) is 11.5 Å². The van der Waals surface area contributed by atoms with Gasteiger partial charge in [-0.1, -0.05) is 0 Å². The lowest BCUT2D eigenvalue weighted by atomic mass is 10.1. The van der Waals surface area contributed by atoms with Crippen molar-refractivity contribution in [2.75, 3.05) is 19.8 Å². The van der Waals surface area contributed by atoms with Gasteiger partial charge in [0.1, 0.15) is 19.0 Å². The molecule has 0 amide bonds. The second-order valence-corrected chi connectivity index (χ2v) is 4.81. The third kappa shape index (κ3) is 2.62. The first-order valence-corrected chi connectivity index (χ1v) is 6.79. The molecule has 21 heavy (non-hydrogen) atoms. The Bertz CT molecular complexity index is 724. The Balaban J connectivity index is 2.03. The van der Waals surface area contributed by atoms with Crippen LogP contribution in [0.25, 0.3) is 11.4 Å². The summed E-state index contributed by atoms with van der Waals surface area (Å²) in [4.78, 5) is 19.2. The zero-order chi connectivity index (χ0) is 14.8. The van der Waals surface area contributed by atoms with E-state index in [9.17, 15) is 4.79 Å². The van der Waals surface area contributed by atoms with E-state index in [0.717, 1.165) is 5.56 Å². The summed E-state index contributed by atoms with van der Waals surface area (Å²) in [7, 11) is 0. The number of H-pyrrole nitrogens is 1. The molecular weight excluding hydrogens is 272 g/mol. The van der Waals surface area contributed by atoms with Crippen LogP contribution >= 0.6 is 0 Å². The average Bonchev–Trinajstić information content (AvgIpc) is 2.50. The highest BCUT2D eigenvalue weighted by molar-refractivity contribution is 5.61. The SMILES string of the molecule is Cc1nc(-c2ccc3c(c2)OCCO3)[nH]c(=O)c1CCO. The first kappa shape index (κ1) is 13.6. The van der Waals surface area contributed by atoms with Crippen molar-refractivity contribution in [3.8, 4) is 22.9 Å². The van der Waals surface area contributed by atoms with Gasteiger partial charge in [-0.15, -0.1) is 0 Å². The molecule has 0 fully saturated rings. The van der Waals surface area contributed by atoms with Gasteiger partial charge in [0.2, 0.25) is 0 Å². The Morgan fingerprint density at radius 3 is 2.76 bits per heavy atom. The number of nitrogens with one attached hydrogen (secondary N) is 1. The minimum Gasteiger partial charge on any atom is -0.486 e. The fourth-order valence-corrected chi connectivity index (χ4v) is 2.34. The van der Waals surface area contributed by atoms with Crippen LogP contribution in [0.2, 0.25) is 0 Å². The number of hydrogen-bond donors (Lipinski definition) is 2. The molecule has 2 aromatic rings. The van der Waals surface area contributed by atoms with Gasteiger partial charge in [-0.3, -0.25) is 4.79 Å². The molecule has 0 atom stereocenters. The minimum atomic E-state index is -0.221. The number of rotatable bonds is 3. The number of aliphatic hydroxyl groups excluding tert-OH is 1. The van der Waals surface area contributed by atoms with Crippen molar-refractivity contribution >= 4 is 0 Å². The molecule has 3 rings (SSSR count). The highest BCUT2D eigenvalue weighted by Crippen LogP contribution is 2.33. The van der Waals surface area contributed by atoms with Gasteiger partial charge in [0, 0.05) is 29.8 Å². The number of aliphatic hydroxyl groups is 1. The molecule has 6 nitrogen and oxygen atoms in total. The molecule has 0 radical (unpaired) electrons. The van der Waals surface area contributed by atoms with Crippen molar-refractivity contribution in [1.82, 2.24) is 9.97 Å². The van der Waals surface area contributed by atoms with Crippen LogP contribution in [-0.4, -0.2) is 34.9 Å². The predicted octanol–water partition coefficient (Wildman–Crippen LogP) is 1.05. The van der Waals surface area contributed by atoms with Gasteiger partial charge in [-0.05, 0) is 25.1 Å². The lowest BCUT2D eigenvalue weighted by Gasteiger charge is -2.18. The fourth-order valence-electron chi connectivity index (χ4n) is 2.34. The fraction of sp³-hybridized carbons (Fsp3) is 0.333. The molecule has 2 heterocycles. The van der Waals surface area contributed by atoms with E-state index in [0.29, 0.717) is 48.2 Å². The van der Waals surface area contributed by atoms with Gasteiger partial charge < -0.3 is 19.6 Å². The van der Waals surface area contributed by atoms with Crippen LogP contribution < -0.4 is 15.0 Å². The van der Waals surface area contributed by atoms with Gasteiger partial charge >= 0.3 is 0 Å². The van der Waals surface area contributed by atoms with E-state index in [2.05, 4.69) is 9.97 Å². The number of fused-ring (bicyclic) bond motifs is 1. The molecule has 1 aliphatic rings. The second kappa shape index (κ2) is 5.57. The van der Waals surface area contributed by atoms with Crippen molar-refractivity contribution < 1.29 is 14.6 Å². The summed E-state index contributed by atoms with van der Waals surface area (Å²) in [5, 5.41) is 8.98. The molecule has 0 bridgehead atoms. The lowest BCUT2D eigenvalue weighted by molar-refractivity contribution is 0.171. The van der Waals surface area contributed by atoms with Crippen molar-refractivity contribution in [3.05, 3.63) is 39.8 Å². The molecule has 0 aliphatic carbocycles. The van der Waals surface area contributed by atoms with Crippen molar-refractivity contribution in [2.45, 2.75) is 13.3 Å². The third-order valence-electron chi connectivity index (χ3n) is 3.40. The summed E-state index contributed by atoms with van der Waals surface area (Å²) in [5.74, 6) is 1.83. The molecule has 1 aromatic heterocycles. The largest absolute Gasteiger partial charge is 0.486 e. The lowest BCUT2D eigenvalue weighted by Crippen LogP contribution is -2.19. The number of benzene rings is 1. The molecule has 0 saturated heterocycles. The zero-order valence-electron chi connectivity index (χ0n) is 11.7. The van der Waals surface area contributed by atoms with Crippen LogP contribution in [0.15, 0.2) is 23.0 Å². The summed E-state index contributed by atoms with van der Waals surface area (Å²) in [6.07, 6.45) is 0.301. The number of ether oxygens (including phenoxy) is 2. The molecule has 1 aliphatic heterocycles. The average molecular weight is 288 g/mol. The maximum Gasteiger partial charge on any atom is 0.254 e. The molecule has 0 saturated carbocycles. The topological polar surface area (TPSA) is 84.4 Å². The first-order valence-electron chi connectivity index (χ1n) is 6.79. The Kier molecular flexibility index (Phi) is 3.62. The van der Waals surface area contributed by atoms with E-state index in [4.69, 9.17) is 14.6 Å². The molecular formula is C15H16N2O4. The van der Waals surface area contributed by atoms with E-state index in [1.54, 1.807) is 19.1 Å². The molecule has 6 heteroatoms. The summed E-state index contributed by atoms with van der Waals surface area (Å²) in [5.41, 5.74) is 1.67. The number of aromatic nitrogens is 2. The Morgan fingerprint density at radius 1 is 1.29 bits per heavy atom. The number of nitrogens with zero attached hydrogens (tertiary/aromatic N) is 1. The van der Waals surface area contributed by atoms with E-state index < -0.39 is 0 Å². The molecule has 0 unspecified atom stereocenters. The summed E-state index contributed by atoms with van der Waals surface area (Å²) in [6, 6.07) is 5.44. The molecule has 1 aromatic carbocycles. The standard InChI is InChI=1S/C15H16N2O4/c1-9-11(4-5-18)15(19)17-14(16-9)10-2-3-12-13(8-10)21-7-6-20-12/h2-3,8,18H,4-7H2,1H3,(H,16,17,19). The number of aromatic amines is 1. The van der Waals surface area contributed by atoms with Gasteiger partial charge in [0.25, 0.3) is 5.56 Å². The van der Waals surface area contributed by atoms with E-state index in [1.807, 2.05) is 6.07 Å². The third-order valence-corrected chi connectivity index (χ3v) is 3.40. The number of aryl methyl sites for hydroxylation is 1. The minimum absolute atomic E-state index is 0.0744. The predicted molar refractivity (Wildman–Crippen MR) is 76.8 cm³/mol. The maximum absolute atomic E-state index is 12.1. The van der Waals surface area contributed by atoms with Crippen molar-refractivity contribution in [2.24, 2.45) is 0 Å². The van der Waals surface area contributed by atoms with Gasteiger partial charge in [-0.2, -0.15) is 0 Å². The molecule has 110 valence electrons. The Labute approximate surface area is 121 Å². The quantitative estimate of drug-likeness (QED) is 0.882. The monoisotopic (exact) mass is 288 g/mol. The first-order chi connectivity index (χ1) is 10.2. The smallest absolute Gasteiger partial charge is 0.254 e. The molecule has 2 N–H and O–H groups in total. The maximum atomic E-state index is 12.1. The summed E-state index contributed by atoms with van der Waals surface area (Å²) >= 11 is 0. The van der Waals surface area contributed by atoms with Crippen LogP contribution in [0.1, 0.15) is 11.3 Å². The highest BCUT2D eigenvalue weighted by atomic mass is 16.6. The van der Waals surface area contributed by atoms with E-state index in [1.165, 1.54) is 0 Å². The highest BCUT2D eigenvalue weighted by Gasteiger charge is 2.14. The van der Waals surface area contributed by atoms with E-state index >= 15 is 0 Å². The number of hydrogen-bond acceptors (Lipinski definition) is 5. The Morgan fingerprint density at radius 2 is 2.05 bits per heavy atom. The molecule has 0 spiro atoms. The van der Waals surface area contributed by atoms with Crippen molar-refractivity contribution in [1.29, 1.82) is 0 Å². The van der Waals surface area contributed by atoms with Gasteiger partial charge in [0.15, 0.2) is 11.5 Å². The van der Waals surface area contributed by atoms with E-state index in [-0.39, 0.29) is 12.2 Å². The zero-order valence-corrected chi connectivity index (χ0v) is 11.7. The normalized spacial score (nSPS) is 13.2. The van der Waals surface area contributed by atoms with Crippen molar-refractivity contribution in [3.63, 3.8) is 0 Å². The van der Waals surface area contributed by atoms with Crippen LogP contribution in [0.4, 0.5) is 0 Å². The summed E-state index contributed by atoms with van der Waals surface area (Å²) < 4.78 is 11.0. The van der Waals surface area contributed by atoms with Crippen LogP contribution in [0, 0.1) is 6.92 Å². The second-order valence-electron chi connectivity index (χ2n) is 4.81. The van der Waals surface area contributed by atoms with Crippen LogP contribution in [-0.2, 0) is 6.42 Å². The Hall–Kier alpha value is -2.34.